The smallest absolute Gasteiger partial charge is 0.462 e. The molecule has 10 nitrogen and oxygen atoms in total. The van der Waals surface area contributed by atoms with Gasteiger partial charge in [-0.15, -0.1) is 0 Å². The van der Waals surface area contributed by atoms with Crippen molar-refractivity contribution in [2.45, 2.75) is 180 Å². The highest BCUT2D eigenvalue weighted by atomic mass is 31.2. The number of aliphatic hydroxyl groups is 2. The van der Waals surface area contributed by atoms with E-state index in [2.05, 4.69) is 42.7 Å². The van der Waals surface area contributed by atoms with Crippen LogP contribution in [0.4, 0.5) is 0 Å². The average Bonchev–Trinajstić information content (AvgIpc) is 3.09. The van der Waals surface area contributed by atoms with Crippen molar-refractivity contribution in [1.82, 2.24) is 0 Å². The molecular formula is C38H71O10P. The summed E-state index contributed by atoms with van der Waals surface area (Å²) in [5, 5.41) is 18.3. The Morgan fingerprint density at radius 1 is 0.612 bits per heavy atom. The molecule has 0 spiro atoms. The Bertz CT molecular complexity index is 879. The molecule has 1 unspecified atom stereocenters. The first-order valence-electron chi connectivity index (χ1n) is 19.3. The van der Waals surface area contributed by atoms with Crippen LogP contribution in [0.1, 0.15) is 168 Å². The van der Waals surface area contributed by atoms with Gasteiger partial charge in [-0.3, -0.25) is 18.6 Å². The summed E-state index contributed by atoms with van der Waals surface area (Å²) in [6, 6.07) is 0. The van der Waals surface area contributed by atoms with Crippen molar-refractivity contribution in [1.29, 1.82) is 0 Å². The van der Waals surface area contributed by atoms with Crippen LogP contribution in [-0.2, 0) is 32.7 Å². The predicted molar refractivity (Wildman–Crippen MR) is 196 cm³/mol. The molecule has 3 N–H and O–H groups in total. The van der Waals surface area contributed by atoms with Crippen molar-refractivity contribution in [3.05, 3.63) is 24.3 Å². The number of allylic oxidation sites excluding steroid dienone is 4. The van der Waals surface area contributed by atoms with E-state index in [1.807, 2.05) is 0 Å². The minimum atomic E-state index is -4.61. The number of unbranched alkanes of at least 4 members (excludes halogenated alkanes) is 18. The van der Waals surface area contributed by atoms with E-state index in [0.29, 0.717) is 12.8 Å². The molecule has 0 rings (SSSR count). The zero-order valence-electron chi connectivity index (χ0n) is 30.9. The summed E-state index contributed by atoms with van der Waals surface area (Å²) in [5.41, 5.74) is 0. The molecule has 49 heavy (non-hydrogen) atoms. The van der Waals surface area contributed by atoms with Crippen molar-refractivity contribution in [3.8, 4) is 0 Å². The molecule has 0 heterocycles. The predicted octanol–water partition coefficient (Wildman–Crippen LogP) is 9.44. The molecule has 0 saturated heterocycles. The lowest BCUT2D eigenvalue weighted by Gasteiger charge is -2.20. The summed E-state index contributed by atoms with van der Waals surface area (Å²) in [4.78, 5) is 34.8. The molecule has 0 bridgehead atoms. The van der Waals surface area contributed by atoms with E-state index in [9.17, 15) is 24.2 Å². The molecule has 0 aliphatic rings. The Morgan fingerprint density at radius 2 is 1.08 bits per heavy atom. The third kappa shape index (κ3) is 34.7. The van der Waals surface area contributed by atoms with Crippen molar-refractivity contribution in [3.63, 3.8) is 0 Å². The number of ether oxygens (including phenoxy) is 2. The third-order valence-corrected chi connectivity index (χ3v) is 9.06. The molecule has 0 aromatic carbocycles. The van der Waals surface area contributed by atoms with Gasteiger partial charge >= 0.3 is 19.8 Å². The van der Waals surface area contributed by atoms with Crippen LogP contribution in [0, 0.1) is 0 Å². The second kappa shape index (κ2) is 34.9. The van der Waals surface area contributed by atoms with E-state index in [-0.39, 0.29) is 19.4 Å². The van der Waals surface area contributed by atoms with Gasteiger partial charge < -0.3 is 24.6 Å². The molecule has 0 radical (unpaired) electrons. The number of aliphatic hydroxyl groups excluding tert-OH is 2. The molecule has 288 valence electrons. The summed E-state index contributed by atoms with van der Waals surface area (Å²) < 4.78 is 32.6. The molecule has 0 aromatic rings. The van der Waals surface area contributed by atoms with E-state index in [0.717, 1.165) is 64.2 Å². The highest BCUT2D eigenvalue weighted by Gasteiger charge is 2.27. The number of carbonyl (C=O) groups is 2. The lowest BCUT2D eigenvalue weighted by Crippen LogP contribution is -2.29. The zero-order chi connectivity index (χ0) is 36.3. The van der Waals surface area contributed by atoms with Gasteiger partial charge in [0.1, 0.15) is 12.7 Å². The van der Waals surface area contributed by atoms with Crippen molar-refractivity contribution >= 4 is 19.8 Å². The fraction of sp³-hybridized carbons (Fsp3) is 0.842. The molecule has 11 heteroatoms. The van der Waals surface area contributed by atoms with Crippen LogP contribution in [-0.4, -0.2) is 65.7 Å². The van der Waals surface area contributed by atoms with E-state index >= 15 is 0 Å². The molecule has 0 saturated carbocycles. The lowest BCUT2D eigenvalue weighted by atomic mass is 10.0. The van der Waals surface area contributed by atoms with Gasteiger partial charge in [0.25, 0.3) is 0 Å². The monoisotopic (exact) mass is 718 g/mol. The Morgan fingerprint density at radius 3 is 1.63 bits per heavy atom. The van der Waals surface area contributed by atoms with Crippen LogP contribution in [0.2, 0.25) is 0 Å². The summed E-state index contributed by atoms with van der Waals surface area (Å²) in [6.07, 6.45) is 31.4. The van der Waals surface area contributed by atoms with Gasteiger partial charge in [-0.2, -0.15) is 0 Å². The van der Waals surface area contributed by atoms with Gasteiger partial charge in [0.15, 0.2) is 6.10 Å². The number of phosphoric acid groups is 1. The molecule has 0 aliphatic heterocycles. The van der Waals surface area contributed by atoms with E-state index in [4.69, 9.17) is 19.1 Å². The maximum absolute atomic E-state index is 12.5. The minimum Gasteiger partial charge on any atom is -0.462 e. The first kappa shape index (κ1) is 47.4. The summed E-state index contributed by atoms with van der Waals surface area (Å²) in [5.74, 6) is -0.939. The van der Waals surface area contributed by atoms with Crippen LogP contribution in [0.15, 0.2) is 24.3 Å². The Balaban J connectivity index is 4.38. The zero-order valence-corrected chi connectivity index (χ0v) is 31.8. The van der Waals surface area contributed by atoms with Crippen LogP contribution in [0.5, 0.6) is 0 Å². The number of phosphoric ester groups is 1. The van der Waals surface area contributed by atoms with Gasteiger partial charge in [-0.25, -0.2) is 4.57 Å². The molecule has 0 aromatic heterocycles. The largest absolute Gasteiger partial charge is 0.472 e. The molecule has 3 atom stereocenters. The fourth-order valence-electron chi connectivity index (χ4n) is 5.07. The summed E-state index contributed by atoms with van der Waals surface area (Å²) in [7, 11) is -4.61. The second-order valence-electron chi connectivity index (χ2n) is 13.0. The third-order valence-electron chi connectivity index (χ3n) is 8.11. The van der Waals surface area contributed by atoms with Crippen LogP contribution >= 0.6 is 7.82 Å². The number of rotatable bonds is 36. The van der Waals surface area contributed by atoms with Crippen LogP contribution in [0.3, 0.4) is 0 Å². The van der Waals surface area contributed by atoms with Crippen molar-refractivity contribution < 1.29 is 47.8 Å². The maximum Gasteiger partial charge on any atom is 0.472 e. The van der Waals surface area contributed by atoms with Crippen molar-refractivity contribution in [2.75, 3.05) is 26.4 Å². The average molecular weight is 719 g/mol. The van der Waals surface area contributed by atoms with E-state index in [1.54, 1.807) is 0 Å². The number of hydrogen-bond donors (Lipinski definition) is 3. The van der Waals surface area contributed by atoms with Gasteiger partial charge in [0.2, 0.25) is 0 Å². The minimum absolute atomic E-state index is 0.170. The number of hydrogen-bond acceptors (Lipinski definition) is 9. The first-order chi connectivity index (χ1) is 23.7. The van der Waals surface area contributed by atoms with E-state index < -0.39 is 51.8 Å². The Kier molecular flexibility index (Phi) is 33.8. The topological polar surface area (TPSA) is 149 Å². The SMILES string of the molecule is CCCC/C=C\C/C=C\CCCCCCCC(=O)O[C@H](COC(=O)CCCCCCCCCCCCCC)COP(=O)(O)OC[C@@H](O)CO. The van der Waals surface area contributed by atoms with E-state index in [1.165, 1.54) is 64.2 Å². The number of esters is 2. The van der Waals surface area contributed by atoms with Crippen molar-refractivity contribution in [2.24, 2.45) is 0 Å². The molecule has 0 aliphatic carbocycles. The summed E-state index contributed by atoms with van der Waals surface area (Å²) in [6.45, 7) is 2.31. The summed E-state index contributed by atoms with van der Waals surface area (Å²) >= 11 is 0. The normalized spacial score (nSPS) is 14.3. The molecule has 0 amide bonds. The Labute approximate surface area is 298 Å². The lowest BCUT2D eigenvalue weighted by molar-refractivity contribution is -0.161. The van der Waals surface area contributed by atoms with Gasteiger partial charge in [0, 0.05) is 12.8 Å². The highest BCUT2D eigenvalue weighted by Crippen LogP contribution is 2.43. The second-order valence-corrected chi connectivity index (χ2v) is 14.4. The van der Waals surface area contributed by atoms with Gasteiger partial charge in [-0.05, 0) is 38.5 Å². The van der Waals surface area contributed by atoms with Crippen LogP contribution in [0.25, 0.3) is 0 Å². The van der Waals surface area contributed by atoms with Gasteiger partial charge in [-0.1, -0.05) is 141 Å². The van der Waals surface area contributed by atoms with Gasteiger partial charge in [0.05, 0.1) is 19.8 Å². The quantitative estimate of drug-likeness (QED) is 0.0248. The van der Waals surface area contributed by atoms with Crippen LogP contribution < -0.4 is 0 Å². The standard InChI is InChI=1S/C38H71O10P/c1-3-5-7-9-11-13-15-17-18-20-22-24-26-28-30-38(42)48-36(34-47-49(43,44)46-32-35(40)31-39)33-45-37(41)29-27-25-23-21-19-16-14-12-10-8-6-4-2/h9,11,15,17,35-36,39-40H,3-8,10,12-14,16,18-34H2,1-2H3,(H,43,44)/b11-9-,17-15-/t35-,36+/m0/s1. The molecular weight excluding hydrogens is 647 g/mol. The number of carbonyl (C=O) groups excluding carboxylic acids is 2. The Hall–Kier alpha value is -1.55. The highest BCUT2D eigenvalue weighted by molar-refractivity contribution is 7.47. The fourth-order valence-corrected chi connectivity index (χ4v) is 5.86. The first-order valence-corrected chi connectivity index (χ1v) is 20.8. The molecule has 0 fully saturated rings. The maximum atomic E-state index is 12.5.